The van der Waals surface area contributed by atoms with Crippen LogP contribution in [0.25, 0.3) is 0 Å². The molecule has 1 aliphatic rings. The van der Waals surface area contributed by atoms with Crippen molar-refractivity contribution in [2.75, 3.05) is 0 Å². The van der Waals surface area contributed by atoms with Crippen LogP contribution in [0.5, 0.6) is 0 Å². The third-order valence-electron chi connectivity index (χ3n) is 5.18. The van der Waals surface area contributed by atoms with Crippen molar-refractivity contribution in [1.29, 1.82) is 0 Å². The Morgan fingerprint density at radius 3 is 1.73 bits per heavy atom. The van der Waals surface area contributed by atoms with Gasteiger partial charge in [0.1, 0.15) is 0 Å². The van der Waals surface area contributed by atoms with Crippen LogP contribution < -0.4 is 10.2 Å². The summed E-state index contributed by atoms with van der Waals surface area (Å²) in [5.41, 5.74) is 0.210. The number of carbonyl (C=O) groups excluding carboxylic acids is 4. The van der Waals surface area contributed by atoms with Crippen molar-refractivity contribution in [3.05, 3.63) is 94.5 Å². The highest BCUT2D eigenvalue weighted by Crippen LogP contribution is 2.29. The monoisotopic (exact) mass is 463 g/mol. The second kappa shape index (κ2) is 7.99. The molecule has 0 spiro atoms. The first-order chi connectivity index (χ1) is 15.6. The number of hydrogen-bond acceptors (Lipinski definition) is 8. The number of amides is 2. The van der Waals surface area contributed by atoms with E-state index in [1.807, 2.05) is 0 Å². The number of carboxylic acid groups (broad SMARTS) is 2. The zero-order valence-electron chi connectivity index (χ0n) is 16.7. The summed E-state index contributed by atoms with van der Waals surface area (Å²) in [6.07, 6.45) is 0. The lowest BCUT2D eigenvalue weighted by Crippen LogP contribution is -2.29. The van der Waals surface area contributed by atoms with Crippen LogP contribution in [0.1, 0.15) is 47.0 Å². The Labute approximate surface area is 187 Å². The number of nitrogens with zero attached hydrogens (tertiary/aromatic N) is 1. The molecule has 9 nitrogen and oxygen atoms in total. The Kier molecular flexibility index (Phi) is 5.30. The summed E-state index contributed by atoms with van der Waals surface area (Å²) in [5.74, 6) is -4.11. The molecule has 0 fully saturated rings. The lowest BCUT2D eigenvalue weighted by atomic mass is 10.1. The molecular weight excluding hydrogens is 450 g/mol. The number of imide groups is 1. The molecule has 0 saturated heterocycles. The number of rotatable bonds is 6. The van der Waals surface area contributed by atoms with Crippen molar-refractivity contribution in [2.24, 2.45) is 0 Å². The van der Waals surface area contributed by atoms with E-state index in [4.69, 9.17) is 0 Å². The van der Waals surface area contributed by atoms with Crippen LogP contribution in [-0.4, -0.2) is 37.1 Å². The quantitative estimate of drug-likeness (QED) is 0.465. The van der Waals surface area contributed by atoms with Crippen LogP contribution in [0.2, 0.25) is 0 Å². The molecule has 0 bridgehead atoms. The average molecular weight is 463 g/mol. The topological polar surface area (TPSA) is 152 Å². The Hall–Kier alpha value is -4.31. The van der Waals surface area contributed by atoms with Gasteiger partial charge in [0, 0.05) is 0 Å². The van der Waals surface area contributed by atoms with E-state index in [1.54, 1.807) is 0 Å². The minimum Gasteiger partial charge on any atom is -0.545 e. The number of carbonyl (C=O) groups is 4. The Morgan fingerprint density at radius 1 is 0.697 bits per heavy atom. The van der Waals surface area contributed by atoms with Crippen molar-refractivity contribution in [3.8, 4) is 0 Å². The lowest BCUT2D eigenvalue weighted by Gasteiger charge is -2.14. The molecule has 4 rings (SSSR count). The zero-order valence-corrected chi connectivity index (χ0v) is 17.5. The van der Waals surface area contributed by atoms with Crippen LogP contribution >= 0.6 is 0 Å². The summed E-state index contributed by atoms with van der Waals surface area (Å²) in [6, 6.07) is 13.4. The smallest absolute Gasteiger partial charge is 0.261 e. The van der Waals surface area contributed by atoms with Gasteiger partial charge in [0.25, 0.3) is 11.8 Å². The summed E-state index contributed by atoms with van der Waals surface area (Å²) >= 11 is 0. The van der Waals surface area contributed by atoms with Gasteiger partial charge in [-0.05, 0) is 47.0 Å². The van der Waals surface area contributed by atoms with Crippen LogP contribution in [-0.2, 0) is 16.4 Å². The molecule has 0 saturated carbocycles. The summed E-state index contributed by atoms with van der Waals surface area (Å²) in [5, 5.41) is 21.7. The summed E-state index contributed by atoms with van der Waals surface area (Å²) in [6.45, 7) is -0.132. The number of hydrogen-bond donors (Lipinski definition) is 0. The maximum absolute atomic E-state index is 12.9. The summed E-state index contributed by atoms with van der Waals surface area (Å²) in [4.78, 5) is 47.8. The maximum Gasteiger partial charge on any atom is 0.261 e. The molecule has 1 aliphatic heterocycles. The van der Waals surface area contributed by atoms with E-state index in [1.165, 1.54) is 36.4 Å². The summed E-state index contributed by atoms with van der Waals surface area (Å²) < 4.78 is 25.9. The van der Waals surface area contributed by atoms with Gasteiger partial charge in [-0.1, -0.05) is 36.4 Å². The molecule has 0 aromatic heterocycles. The molecule has 33 heavy (non-hydrogen) atoms. The minimum absolute atomic E-state index is 0.0394. The minimum atomic E-state index is -4.09. The molecule has 10 heteroatoms. The molecule has 0 atom stereocenters. The normalized spacial score (nSPS) is 13.2. The largest absolute Gasteiger partial charge is 0.545 e. The second-order valence-corrected chi connectivity index (χ2v) is 9.15. The van der Waals surface area contributed by atoms with E-state index < -0.39 is 33.6 Å². The lowest BCUT2D eigenvalue weighted by molar-refractivity contribution is -0.256. The standard InChI is InChI=1S/C23H15NO8S/c25-20-18-10-9-17(33(31,32)16-7-5-15(6-8-16)23(29)30)11-19(18)21(26)24(20)12-13-1-3-14(4-2-13)22(27)28/h1-11H,12H2,(H,27,28)(H,29,30)/p-2. The zero-order chi connectivity index (χ0) is 23.9. The van der Waals surface area contributed by atoms with Crippen molar-refractivity contribution in [1.82, 2.24) is 4.90 Å². The van der Waals surface area contributed by atoms with E-state index >= 15 is 0 Å². The molecule has 0 unspecified atom stereocenters. The van der Waals surface area contributed by atoms with Crippen molar-refractivity contribution >= 4 is 33.6 Å². The van der Waals surface area contributed by atoms with Gasteiger partial charge in [-0.3, -0.25) is 14.5 Å². The summed E-state index contributed by atoms with van der Waals surface area (Å²) in [7, 11) is -4.09. The van der Waals surface area contributed by atoms with Crippen molar-refractivity contribution < 1.29 is 37.8 Å². The van der Waals surface area contributed by atoms with Gasteiger partial charge in [0.05, 0.1) is 39.4 Å². The maximum atomic E-state index is 12.9. The number of benzene rings is 3. The third-order valence-corrected chi connectivity index (χ3v) is 6.95. The first-order valence-electron chi connectivity index (χ1n) is 9.46. The van der Waals surface area contributed by atoms with E-state index in [0.29, 0.717) is 5.56 Å². The molecule has 0 N–H and O–H groups in total. The van der Waals surface area contributed by atoms with Crippen molar-refractivity contribution in [3.63, 3.8) is 0 Å². The van der Waals surface area contributed by atoms with Gasteiger partial charge in [-0.2, -0.15) is 0 Å². The molecule has 1 heterocycles. The highest BCUT2D eigenvalue weighted by Gasteiger charge is 2.36. The number of fused-ring (bicyclic) bond motifs is 1. The molecule has 2 amide bonds. The Bertz CT molecular complexity index is 1420. The Morgan fingerprint density at radius 2 is 1.18 bits per heavy atom. The van der Waals surface area contributed by atoms with Crippen LogP contribution in [0.15, 0.2) is 76.5 Å². The van der Waals surface area contributed by atoms with Crippen molar-refractivity contribution in [2.45, 2.75) is 16.3 Å². The highest BCUT2D eigenvalue weighted by atomic mass is 32.2. The van der Waals surface area contributed by atoms with Gasteiger partial charge >= 0.3 is 0 Å². The molecule has 3 aromatic carbocycles. The fourth-order valence-electron chi connectivity index (χ4n) is 3.42. The SMILES string of the molecule is O=C([O-])c1ccc(CN2C(=O)c3ccc(S(=O)(=O)c4ccc(C(=O)[O-])cc4)cc3C2=O)cc1. The fourth-order valence-corrected chi connectivity index (χ4v) is 4.70. The van der Waals surface area contributed by atoms with Crippen LogP contribution in [0.4, 0.5) is 0 Å². The Balaban J connectivity index is 1.63. The van der Waals surface area contributed by atoms with Crippen LogP contribution in [0, 0.1) is 0 Å². The molecule has 0 aliphatic carbocycles. The van der Waals surface area contributed by atoms with E-state index in [-0.39, 0.29) is 38.6 Å². The fraction of sp³-hybridized carbons (Fsp3) is 0.0435. The number of sulfone groups is 1. The van der Waals surface area contributed by atoms with Gasteiger partial charge < -0.3 is 19.8 Å². The molecule has 0 radical (unpaired) electrons. The van der Waals surface area contributed by atoms with Gasteiger partial charge in [-0.25, -0.2) is 8.42 Å². The first kappa shape index (κ1) is 21.9. The van der Waals surface area contributed by atoms with Gasteiger partial charge in [0.2, 0.25) is 9.84 Å². The van der Waals surface area contributed by atoms with E-state index in [0.717, 1.165) is 35.2 Å². The molecule has 166 valence electrons. The third kappa shape index (κ3) is 3.87. The molecular formula is C23H13NO8S-2. The average Bonchev–Trinajstić information content (AvgIpc) is 3.04. The predicted molar refractivity (Wildman–Crippen MR) is 108 cm³/mol. The van der Waals surface area contributed by atoms with Gasteiger partial charge in [0.15, 0.2) is 0 Å². The second-order valence-electron chi connectivity index (χ2n) is 7.20. The van der Waals surface area contributed by atoms with Crippen LogP contribution in [0.3, 0.4) is 0 Å². The first-order valence-corrected chi connectivity index (χ1v) is 10.9. The van der Waals surface area contributed by atoms with E-state index in [9.17, 15) is 37.8 Å². The predicted octanol–water partition coefficient (Wildman–Crippen LogP) is 0.0426. The number of carboxylic acids is 2. The molecule has 3 aromatic rings. The highest BCUT2D eigenvalue weighted by molar-refractivity contribution is 7.91. The van der Waals surface area contributed by atoms with Gasteiger partial charge in [-0.15, -0.1) is 0 Å². The van der Waals surface area contributed by atoms with E-state index in [2.05, 4.69) is 0 Å². The number of aromatic carboxylic acids is 2.